The van der Waals surface area contributed by atoms with Gasteiger partial charge in [0.2, 0.25) is 0 Å². The summed E-state index contributed by atoms with van der Waals surface area (Å²) >= 11 is 11.0. The normalized spacial score (nSPS) is 10.5. The molecule has 0 bridgehead atoms. The number of ether oxygens (including phenoxy) is 1. The first-order valence-corrected chi connectivity index (χ1v) is 7.57. The average Bonchev–Trinajstić information content (AvgIpc) is 2.49. The highest BCUT2D eigenvalue weighted by Crippen LogP contribution is 2.27. The zero-order chi connectivity index (χ0) is 16.8. The van der Waals surface area contributed by atoms with Gasteiger partial charge in [0.1, 0.15) is 5.75 Å². The van der Waals surface area contributed by atoms with Crippen molar-refractivity contribution in [1.82, 2.24) is 5.32 Å². The van der Waals surface area contributed by atoms with Crippen LogP contribution in [0.5, 0.6) is 5.75 Å². The fraction of sp³-hybridized carbons (Fsp3) is 0.188. The molecule has 0 atom stereocenters. The molecule has 122 valence electrons. The van der Waals surface area contributed by atoms with E-state index in [0.29, 0.717) is 22.4 Å². The molecule has 2 N–H and O–H groups in total. The third kappa shape index (κ3) is 5.65. The molecule has 0 saturated heterocycles. The Morgan fingerprint density at radius 3 is 2.57 bits per heavy atom. The van der Waals surface area contributed by atoms with Gasteiger partial charge in [0, 0.05) is 11.6 Å². The van der Waals surface area contributed by atoms with Crippen LogP contribution in [0.4, 0.5) is 14.5 Å². The largest absolute Gasteiger partial charge is 0.433 e. The summed E-state index contributed by atoms with van der Waals surface area (Å²) in [5, 5.41) is 6.84. The highest BCUT2D eigenvalue weighted by atomic mass is 35.5. The van der Waals surface area contributed by atoms with Crippen LogP contribution >= 0.6 is 23.8 Å². The lowest BCUT2D eigenvalue weighted by Gasteiger charge is -2.15. The second-order valence-electron chi connectivity index (χ2n) is 4.81. The van der Waals surface area contributed by atoms with Crippen LogP contribution < -0.4 is 15.4 Å². The SMILES string of the molecule is Cc1ccc(OC(F)F)c(NC(=S)NCc2ccc(Cl)cc2)c1. The third-order valence-corrected chi connectivity index (χ3v) is 3.46. The van der Waals surface area contributed by atoms with Gasteiger partial charge in [-0.3, -0.25) is 0 Å². The van der Waals surface area contributed by atoms with E-state index in [-0.39, 0.29) is 5.75 Å². The first-order valence-electron chi connectivity index (χ1n) is 6.79. The lowest BCUT2D eigenvalue weighted by atomic mass is 10.2. The molecule has 0 unspecified atom stereocenters. The molecule has 0 aliphatic rings. The van der Waals surface area contributed by atoms with Crippen LogP contribution in [0.15, 0.2) is 42.5 Å². The maximum absolute atomic E-state index is 12.4. The Kier molecular flexibility index (Phi) is 6.12. The van der Waals surface area contributed by atoms with Gasteiger partial charge in [-0.15, -0.1) is 0 Å². The topological polar surface area (TPSA) is 33.3 Å². The lowest BCUT2D eigenvalue weighted by molar-refractivity contribution is -0.0493. The van der Waals surface area contributed by atoms with E-state index in [4.69, 9.17) is 23.8 Å². The Labute approximate surface area is 143 Å². The first-order chi connectivity index (χ1) is 10.9. The summed E-state index contributed by atoms with van der Waals surface area (Å²) < 4.78 is 29.3. The van der Waals surface area contributed by atoms with Crippen LogP contribution in [0, 0.1) is 6.92 Å². The molecule has 0 fully saturated rings. The molecule has 0 spiro atoms. The zero-order valence-corrected chi connectivity index (χ0v) is 13.8. The third-order valence-electron chi connectivity index (χ3n) is 2.97. The van der Waals surface area contributed by atoms with Crippen molar-refractivity contribution in [2.75, 3.05) is 5.32 Å². The number of hydrogen-bond donors (Lipinski definition) is 2. The van der Waals surface area contributed by atoms with Crippen LogP contribution in [0.2, 0.25) is 5.02 Å². The summed E-state index contributed by atoms with van der Waals surface area (Å²) in [5.74, 6) is 0.0428. The van der Waals surface area contributed by atoms with Gasteiger partial charge < -0.3 is 15.4 Å². The minimum atomic E-state index is -2.89. The number of aryl methyl sites for hydroxylation is 1. The van der Waals surface area contributed by atoms with Crippen molar-refractivity contribution in [3.05, 3.63) is 58.6 Å². The smallest absolute Gasteiger partial charge is 0.387 e. The molecular formula is C16H15ClF2N2OS. The van der Waals surface area contributed by atoms with Crippen molar-refractivity contribution in [2.45, 2.75) is 20.1 Å². The fourth-order valence-electron chi connectivity index (χ4n) is 1.89. The van der Waals surface area contributed by atoms with Crippen molar-refractivity contribution < 1.29 is 13.5 Å². The van der Waals surface area contributed by atoms with Crippen molar-refractivity contribution in [2.24, 2.45) is 0 Å². The van der Waals surface area contributed by atoms with Crippen molar-refractivity contribution in [1.29, 1.82) is 0 Å². The number of hydrogen-bond acceptors (Lipinski definition) is 2. The van der Waals surface area contributed by atoms with E-state index in [9.17, 15) is 8.78 Å². The van der Waals surface area contributed by atoms with E-state index < -0.39 is 6.61 Å². The van der Waals surface area contributed by atoms with Crippen LogP contribution in [0.1, 0.15) is 11.1 Å². The number of halogens is 3. The van der Waals surface area contributed by atoms with Crippen LogP contribution in [0.25, 0.3) is 0 Å². The standard InChI is InChI=1S/C16H15ClF2N2OS/c1-10-2-7-14(22-15(18)19)13(8-10)21-16(23)20-9-11-3-5-12(17)6-4-11/h2-8,15H,9H2,1H3,(H2,20,21,23). The quantitative estimate of drug-likeness (QED) is 0.758. The van der Waals surface area contributed by atoms with Crippen LogP contribution in [0.3, 0.4) is 0 Å². The molecule has 0 heterocycles. The average molecular weight is 357 g/mol. The Morgan fingerprint density at radius 1 is 1.22 bits per heavy atom. The van der Waals surface area contributed by atoms with Gasteiger partial charge in [0.05, 0.1) is 5.69 Å². The first kappa shape index (κ1) is 17.4. The molecule has 0 aromatic heterocycles. The number of nitrogens with one attached hydrogen (secondary N) is 2. The Bertz CT molecular complexity index is 680. The maximum atomic E-state index is 12.4. The molecule has 2 aromatic rings. The molecule has 0 aliphatic carbocycles. The van der Waals surface area contributed by atoms with Crippen molar-refractivity contribution in [3.63, 3.8) is 0 Å². The second-order valence-corrected chi connectivity index (χ2v) is 5.66. The van der Waals surface area contributed by atoms with E-state index in [0.717, 1.165) is 11.1 Å². The number of thiocarbonyl (C=S) groups is 1. The predicted octanol–water partition coefficient (Wildman–Crippen LogP) is 4.74. The molecule has 0 saturated carbocycles. The van der Waals surface area contributed by atoms with E-state index in [1.807, 2.05) is 19.1 Å². The number of alkyl halides is 2. The summed E-state index contributed by atoms with van der Waals surface area (Å²) in [7, 11) is 0. The van der Waals surface area contributed by atoms with Gasteiger partial charge in [0.15, 0.2) is 5.11 Å². The monoisotopic (exact) mass is 356 g/mol. The molecular weight excluding hydrogens is 342 g/mol. The molecule has 2 aromatic carbocycles. The van der Waals surface area contributed by atoms with E-state index in [2.05, 4.69) is 15.4 Å². The fourth-order valence-corrected chi connectivity index (χ4v) is 2.20. The van der Waals surface area contributed by atoms with E-state index in [1.54, 1.807) is 24.3 Å². The summed E-state index contributed by atoms with van der Waals surface area (Å²) in [4.78, 5) is 0. The molecule has 0 radical (unpaired) electrons. The molecule has 7 heteroatoms. The van der Waals surface area contributed by atoms with Crippen LogP contribution in [-0.4, -0.2) is 11.7 Å². The minimum Gasteiger partial charge on any atom is -0.433 e. The summed E-state index contributed by atoms with van der Waals surface area (Å²) in [6.07, 6.45) is 0. The highest BCUT2D eigenvalue weighted by molar-refractivity contribution is 7.80. The molecule has 2 rings (SSSR count). The van der Waals surface area contributed by atoms with Gasteiger partial charge in [-0.05, 0) is 54.5 Å². The summed E-state index contributed by atoms with van der Waals surface area (Å²) in [6.45, 7) is -0.560. The van der Waals surface area contributed by atoms with Crippen molar-refractivity contribution in [3.8, 4) is 5.75 Å². The van der Waals surface area contributed by atoms with Gasteiger partial charge in [-0.25, -0.2) is 0 Å². The van der Waals surface area contributed by atoms with Gasteiger partial charge in [-0.1, -0.05) is 29.8 Å². The molecule has 3 nitrogen and oxygen atoms in total. The number of rotatable bonds is 5. The van der Waals surface area contributed by atoms with Crippen LogP contribution in [-0.2, 0) is 6.54 Å². The highest BCUT2D eigenvalue weighted by Gasteiger charge is 2.11. The van der Waals surface area contributed by atoms with Gasteiger partial charge in [0.25, 0.3) is 0 Å². The Balaban J connectivity index is 1.99. The Morgan fingerprint density at radius 2 is 1.91 bits per heavy atom. The maximum Gasteiger partial charge on any atom is 0.387 e. The van der Waals surface area contributed by atoms with Gasteiger partial charge in [-0.2, -0.15) is 8.78 Å². The Hall–Kier alpha value is -1.92. The molecule has 23 heavy (non-hydrogen) atoms. The zero-order valence-electron chi connectivity index (χ0n) is 12.3. The number of anilines is 1. The lowest BCUT2D eigenvalue weighted by Crippen LogP contribution is -2.28. The predicted molar refractivity (Wildman–Crippen MR) is 92.3 cm³/mol. The second kappa shape index (κ2) is 8.08. The van der Waals surface area contributed by atoms with E-state index >= 15 is 0 Å². The minimum absolute atomic E-state index is 0.0428. The van der Waals surface area contributed by atoms with Gasteiger partial charge >= 0.3 is 6.61 Å². The van der Waals surface area contributed by atoms with Crippen molar-refractivity contribution >= 4 is 34.6 Å². The molecule has 0 amide bonds. The molecule has 0 aliphatic heterocycles. The number of benzene rings is 2. The summed E-state index contributed by atoms with van der Waals surface area (Å²) in [5.41, 5.74) is 2.28. The summed E-state index contributed by atoms with van der Waals surface area (Å²) in [6, 6.07) is 12.2. The van der Waals surface area contributed by atoms with E-state index in [1.165, 1.54) is 6.07 Å².